The SMILES string of the molecule is CCCNCc1ccc(COc2ccc(F)c(F)c2)nc1. The Kier molecular flexibility index (Phi) is 5.63. The van der Waals surface area contributed by atoms with Crippen molar-refractivity contribution in [2.24, 2.45) is 0 Å². The molecule has 0 aliphatic heterocycles. The molecule has 0 aliphatic rings. The van der Waals surface area contributed by atoms with Crippen LogP contribution in [0.4, 0.5) is 8.78 Å². The summed E-state index contributed by atoms with van der Waals surface area (Å²) in [4.78, 5) is 4.28. The molecule has 5 heteroatoms. The first kappa shape index (κ1) is 15.4. The lowest BCUT2D eigenvalue weighted by Gasteiger charge is -2.07. The zero-order valence-corrected chi connectivity index (χ0v) is 11.9. The summed E-state index contributed by atoms with van der Waals surface area (Å²) in [5, 5.41) is 3.29. The van der Waals surface area contributed by atoms with E-state index in [-0.39, 0.29) is 12.4 Å². The molecule has 1 heterocycles. The summed E-state index contributed by atoms with van der Waals surface area (Å²) in [6.45, 7) is 4.09. The summed E-state index contributed by atoms with van der Waals surface area (Å²) in [5.74, 6) is -1.52. The molecule has 0 atom stereocenters. The Bertz CT molecular complexity index is 573. The number of aromatic nitrogens is 1. The van der Waals surface area contributed by atoms with E-state index >= 15 is 0 Å². The van der Waals surface area contributed by atoms with Gasteiger partial charge in [-0.25, -0.2) is 8.78 Å². The van der Waals surface area contributed by atoms with Gasteiger partial charge in [0.25, 0.3) is 0 Å². The van der Waals surface area contributed by atoms with Crippen LogP contribution in [0, 0.1) is 11.6 Å². The molecule has 3 nitrogen and oxygen atoms in total. The molecule has 0 aliphatic carbocycles. The van der Waals surface area contributed by atoms with E-state index in [0.29, 0.717) is 0 Å². The van der Waals surface area contributed by atoms with Crippen molar-refractivity contribution in [2.45, 2.75) is 26.5 Å². The van der Waals surface area contributed by atoms with Crippen LogP contribution in [-0.2, 0) is 13.2 Å². The molecule has 0 saturated heterocycles. The molecule has 21 heavy (non-hydrogen) atoms. The molecular weight excluding hydrogens is 274 g/mol. The average molecular weight is 292 g/mol. The standard InChI is InChI=1S/C16H18F2N2O/c1-2-7-19-9-12-3-4-13(20-10-12)11-21-14-5-6-15(17)16(18)8-14/h3-6,8,10,19H,2,7,9,11H2,1H3. The number of hydrogen-bond donors (Lipinski definition) is 1. The summed E-state index contributed by atoms with van der Waals surface area (Å²) in [5.41, 5.74) is 1.83. The first-order valence-electron chi connectivity index (χ1n) is 6.91. The van der Waals surface area contributed by atoms with Crippen LogP contribution in [0.3, 0.4) is 0 Å². The Balaban J connectivity index is 1.86. The van der Waals surface area contributed by atoms with E-state index in [2.05, 4.69) is 17.2 Å². The monoisotopic (exact) mass is 292 g/mol. The number of benzene rings is 1. The first-order chi connectivity index (χ1) is 10.2. The van der Waals surface area contributed by atoms with Crippen LogP contribution < -0.4 is 10.1 Å². The van der Waals surface area contributed by atoms with E-state index in [1.807, 2.05) is 12.1 Å². The maximum absolute atomic E-state index is 13.0. The van der Waals surface area contributed by atoms with Crippen molar-refractivity contribution < 1.29 is 13.5 Å². The van der Waals surface area contributed by atoms with Crippen molar-refractivity contribution in [3.8, 4) is 5.75 Å². The summed E-state index contributed by atoms with van der Waals surface area (Å²) in [6, 6.07) is 7.29. The van der Waals surface area contributed by atoms with Gasteiger partial charge < -0.3 is 10.1 Å². The number of rotatable bonds is 7. The molecule has 1 N–H and O–H groups in total. The molecule has 2 aromatic rings. The van der Waals surface area contributed by atoms with E-state index in [4.69, 9.17) is 4.74 Å². The molecule has 1 aromatic carbocycles. The topological polar surface area (TPSA) is 34.1 Å². The Morgan fingerprint density at radius 1 is 1.14 bits per heavy atom. The fraction of sp³-hybridized carbons (Fsp3) is 0.312. The molecule has 0 radical (unpaired) electrons. The third kappa shape index (κ3) is 4.79. The van der Waals surface area contributed by atoms with Crippen LogP contribution in [0.5, 0.6) is 5.75 Å². The summed E-state index contributed by atoms with van der Waals surface area (Å²) >= 11 is 0. The molecule has 0 amide bonds. The predicted molar refractivity (Wildman–Crippen MR) is 76.9 cm³/mol. The van der Waals surface area contributed by atoms with E-state index < -0.39 is 11.6 Å². The second-order valence-electron chi connectivity index (χ2n) is 4.70. The largest absolute Gasteiger partial charge is 0.487 e. The van der Waals surface area contributed by atoms with Crippen LogP contribution in [-0.4, -0.2) is 11.5 Å². The van der Waals surface area contributed by atoms with Crippen LogP contribution in [0.1, 0.15) is 24.6 Å². The minimum atomic E-state index is -0.919. The zero-order chi connectivity index (χ0) is 15.1. The molecule has 0 fully saturated rings. The molecule has 0 spiro atoms. The predicted octanol–water partition coefficient (Wildman–Crippen LogP) is 3.44. The molecule has 112 valence electrons. The van der Waals surface area contributed by atoms with Crippen molar-refractivity contribution in [3.63, 3.8) is 0 Å². The number of pyridine rings is 1. The highest BCUT2D eigenvalue weighted by atomic mass is 19.2. The summed E-state index contributed by atoms with van der Waals surface area (Å²) in [6.07, 6.45) is 2.88. The average Bonchev–Trinajstić information content (AvgIpc) is 2.50. The highest BCUT2D eigenvalue weighted by Gasteiger charge is 2.04. The fourth-order valence-electron chi connectivity index (χ4n) is 1.78. The van der Waals surface area contributed by atoms with Crippen LogP contribution in [0.15, 0.2) is 36.5 Å². The van der Waals surface area contributed by atoms with Crippen molar-refractivity contribution in [1.29, 1.82) is 0 Å². The quantitative estimate of drug-likeness (QED) is 0.794. The maximum Gasteiger partial charge on any atom is 0.162 e. The van der Waals surface area contributed by atoms with Gasteiger partial charge in [-0.15, -0.1) is 0 Å². The highest BCUT2D eigenvalue weighted by Crippen LogP contribution is 2.16. The molecule has 0 bridgehead atoms. The zero-order valence-electron chi connectivity index (χ0n) is 11.9. The molecule has 0 unspecified atom stereocenters. The Morgan fingerprint density at radius 2 is 2.00 bits per heavy atom. The van der Waals surface area contributed by atoms with Gasteiger partial charge in [0.15, 0.2) is 11.6 Å². The first-order valence-corrected chi connectivity index (χ1v) is 6.91. The van der Waals surface area contributed by atoms with E-state index in [0.717, 1.165) is 42.9 Å². The molecular formula is C16H18F2N2O. The van der Waals surface area contributed by atoms with Gasteiger partial charge in [-0.2, -0.15) is 0 Å². The number of ether oxygens (including phenoxy) is 1. The van der Waals surface area contributed by atoms with Gasteiger partial charge >= 0.3 is 0 Å². The second-order valence-corrected chi connectivity index (χ2v) is 4.70. The maximum atomic E-state index is 13.0. The lowest BCUT2D eigenvalue weighted by atomic mass is 10.2. The third-order valence-electron chi connectivity index (χ3n) is 2.92. The van der Waals surface area contributed by atoms with E-state index in [1.165, 1.54) is 6.07 Å². The molecule has 0 saturated carbocycles. The second kappa shape index (κ2) is 7.69. The van der Waals surface area contributed by atoms with Gasteiger partial charge in [0, 0.05) is 18.8 Å². The fourth-order valence-corrected chi connectivity index (χ4v) is 1.78. The summed E-state index contributed by atoms with van der Waals surface area (Å²) < 4.78 is 31.2. The van der Waals surface area contributed by atoms with E-state index in [1.54, 1.807) is 6.20 Å². The Labute approximate surface area is 123 Å². The van der Waals surface area contributed by atoms with Crippen LogP contribution >= 0.6 is 0 Å². The van der Waals surface area contributed by atoms with Crippen molar-refractivity contribution in [1.82, 2.24) is 10.3 Å². The lowest BCUT2D eigenvalue weighted by molar-refractivity contribution is 0.298. The van der Waals surface area contributed by atoms with Gasteiger partial charge in [-0.1, -0.05) is 13.0 Å². The smallest absolute Gasteiger partial charge is 0.162 e. The number of hydrogen-bond acceptors (Lipinski definition) is 3. The normalized spacial score (nSPS) is 10.6. The third-order valence-corrected chi connectivity index (χ3v) is 2.92. The minimum absolute atomic E-state index is 0.216. The van der Waals surface area contributed by atoms with Crippen molar-refractivity contribution in [3.05, 3.63) is 59.4 Å². The van der Waals surface area contributed by atoms with E-state index in [9.17, 15) is 8.78 Å². The molecule has 1 aromatic heterocycles. The van der Waals surface area contributed by atoms with Crippen LogP contribution in [0.2, 0.25) is 0 Å². The number of nitrogens with one attached hydrogen (secondary N) is 1. The minimum Gasteiger partial charge on any atom is -0.487 e. The van der Waals surface area contributed by atoms with Crippen LogP contribution in [0.25, 0.3) is 0 Å². The van der Waals surface area contributed by atoms with Crippen molar-refractivity contribution in [2.75, 3.05) is 6.54 Å². The van der Waals surface area contributed by atoms with Gasteiger partial charge in [-0.05, 0) is 36.7 Å². The Morgan fingerprint density at radius 3 is 2.67 bits per heavy atom. The van der Waals surface area contributed by atoms with Gasteiger partial charge in [0.05, 0.1) is 5.69 Å². The van der Waals surface area contributed by atoms with Gasteiger partial charge in [0.1, 0.15) is 12.4 Å². The van der Waals surface area contributed by atoms with Gasteiger partial charge in [-0.3, -0.25) is 4.98 Å². The Hall–Kier alpha value is -2.01. The number of halogens is 2. The summed E-state index contributed by atoms with van der Waals surface area (Å²) in [7, 11) is 0. The highest BCUT2D eigenvalue weighted by molar-refractivity contribution is 5.24. The van der Waals surface area contributed by atoms with Crippen molar-refractivity contribution >= 4 is 0 Å². The van der Waals surface area contributed by atoms with Gasteiger partial charge in [0.2, 0.25) is 0 Å². The lowest BCUT2D eigenvalue weighted by Crippen LogP contribution is -2.14. The number of nitrogens with zero attached hydrogens (tertiary/aromatic N) is 1. The molecule has 2 rings (SSSR count).